The van der Waals surface area contributed by atoms with Gasteiger partial charge in [0, 0.05) is 25.4 Å². The van der Waals surface area contributed by atoms with Crippen LogP contribution in [0.5, 0.6) is 0 Å². The Morgan fingerprint density at radius 1 is 1.64 bits per heavy atom. The number of thiol groups is 1. The van der Waals surface area contributed by atoms with E-state index in [1.165, 1.54) is 0 Å². The quantitative estimate of drug-likeness (QED) is 0.596. The van der Waals surface area contributed by atoms with E-state index in [0.717, 1.165) is 18.8 Å². The second kappa shape index (κ2) is 4.28. The molecule has 0 aliphatic carbocycles. The summed E-state index contributed by atoms with van der Waals surface area (Å²) in [5.41, 5.74) is 0. The summed E-state index contributed by atoms with van der Waals surface area (Å²) in [4.78, 5) is 1.99. The fourth-order valence-corrected chi connectivity index (χ4v) is 1.58. The van der Waals surface area contributed by atoms with Crippen molar-refractivity contribution < 1.29 is 9.50 Å². The molecule has 1 aliphatic rings. The van der Waals surface area contributed by atoms with Crippen LogP contribution in [0, 0.1) is 0 Å². The molecule has 66 valence electrons. The lowest BCUT2D eigenvalue weighted by Gasteiger charge is -2.31. The van der Waals surface area contributed by atoms with Crippen molar-refractivity contribution in [3.05, 3.63) is 0 Å². The van der Waals surface area contributed by atoms with Crippen molar-refractivity contribution in [2.45, 2.75) is 18.7 Å². The van der Waals surface area contributed by atoms with E-state index in [4.69, 9.17) is 5.11 Å². The Hall–Kier alpha value is 0.200. The Balaban J connectivity index is 2.28. The number of hydrogen-bond acceptors (Lipinski definition) is 3. The average Bonchev–Trinajstić information content (AvgIpc) is 1.98. The summed E-state index contributed by atoms with van der Waals surface area (Å²) >= 11 is 4.06. The number of alkyl halides is 1. The van der Waals surface area contributed by atoms with Gasteiger partial charge in [0.05, 0.1) is 6.10 Å². The molecule has 1 rings (SSSR count). The number of rotatable bonds is 2. The number of likely N-dealkylation sites (tertiary alicyclic amines) is 1. The first-order valence-corrected chi connectivity index (χ1v) is 4.52. The highest BCUT2D eigenvalue weighted by Crippen LogP contribution is 2.13. The third-order valence-electron chi connectivity index (χ3n) is 2.01. The van der Waals surface area contributed by atoms with Gasteiger partial charge in [-0.25, -0.2) is 4.39 Å². The molecule has 0 bridgehead atoms. The number of aliphatic hydroxyl groups is 1. The Morgan fingerprint density at radius 2 is 2.36 bits per heavy atom. The van der Waals surface area contributed by atoms with Crippen molar-refractivity contribution >= 4 is 12.6 Å². The van der Waals surface area contributed by atoms with Crippen LogP contribution in [0.15, 0.2) is 0 Å². The smallest absolute Gasteiger partial charge is 0.138 e. The lowest BCUT2D eigenvalue weighted by Crippen LogP contribution is -2.45. The third-order valence-corrected chi connectivity index (χ3v) is 2.21. The van der Waals surface area contributed by atoms with Crippen molar-refractivity contribution in [1.29, 1.82) is 0 Å². The van der Waals surface area contributed by atoms with Crippen LogP contribution >= 0.6 is 12.6 Å². The van der Waals surface area contributed by atoms with Gasteiger partial charge in [-0.1, -0.05) is 0 Å². The monoisotopic (exact) mass is 179 g/mol. The molecule has 2 unspecified atom stereocenters. The van der Waals surface area contributed by atoms with Crippen LogP contribution in [0.4, 0.5) is 4.39 Å². The zero-order valence-electron chi connectivity index (χ0n) is 6.41. The highest BCUT2D eigenvalue weighted by Gasteiger charge is 2.26. The molecule has 11 heavy (non-hydrogen) atoms. The van der Waals surface area contributed by atoms with E-state index in [-0.39, 0.29) is 0 Å². The Labute approximate surface area is 71.8 Å². The summed E-state index contributed by atoms with van der Waals surface area (Å²) in [6, 6.07) is 0. The van der Waals surface area contributed by atoms with E-state index >= 15 is 0 Å². The molecule has 4 heteroatoms. The molecule has 1 saturated heterocycles. The van der Waals surface area contributed by atoms with Crippen LogP contribution in [0.3, 0.4) is 0 Å². The fraction of sp³-hybridized carbons (Fsp3) is 1.00. The van der Waals surface area contributed by atoms with E-state index in [0.29, 0.717) is 13.0 Å². The highest BCUT2D eigenvalue weighted by atomic mass is 32.1. The Morgan fingerprint density at radius 3 is 2.91 bits per heavy atom. The van der Waals surface area contributed by atoms with Crippen molar-refractivity contribution in [3.63, 3.8) is 0 Å². The first-order valence-electron chi connectivity index (χ1n) is 3.89. The highest BCUT2D eigenvalue weighted by molar-refractivity contribution is 7.80. The molecule has 1 heterocycles. The van der Waals surface area contributed by atoms with Crippen LogP contribution in [-0.2, 0) is 0 Å². The van der Waals surface area contributed by atoms with Crippen molar-refractivity contribution in [2.24, 2.45) is 0 Å². The first-order chi connectivity index (χ1) is 5.24. The molecular formula is C7H14FNOS. The predicted molar refractivity (Wildman–Crippen MR) is 45.8 cm³/mol. The summed E-state index contributed by atoms with van der Waals surface area (Å²) in [6.07, 6.45) is -1.26. The van der Waals surface area contributed by atoms with E-state index < -0.39 is 12.3 Å². The summed E-state index contributed by atoms with van der Waals surface area (Å²) in [7, 11) is 0. The second-order valence-corrected chi connectivity index (χ2v) is 3.34. The number of piperidine rings is 1. The average molecular weight is 179 g/mol. The molecule has 2 nitrogen and oxygen atoms in total. The van der Waals surface area contributed by atoms with Crippen LogP contribution < -0.4 is 0 Å². The van der Waals surface area contributed by atoms with Gasteiger partial charge in [0.1, 0.15) is 6.17 Å². The lowest BCUT2D eigenvalue weighted by atomic mass is 10.1. The van der Waals surface area contributed by atoms with Crippen LogP contribution in [-0.4, -0.2) is 47.7 Å². The van der Waals surface area contributed by atoms with E-state index in [1.807, 2.05) is 4.90 Å². The number of aliphatic hydroxyl groups excluding tert-OH is 1. The maximum atomic E-state index is 12.8. The third kappa shape index (κ3) is 2.61. The zero-order chi connectivity index (χ0) is 8.27. The largest absolute Gasteiger partial charge is 0.390 e. The molecule has 0 aromatic rings. The molecule has 1 fully saturated rings. The van der Waals surface area contributed by atoms with Crippen molar-refractivity contribution in [2.75, 3.05) is 25.4 Å². The minimum atomic E-state index is -1.07. The summed E-state index contributed by atoms with van der Waals surface area (Å²) < 4.78 is 12.8. The normalized spacial score (nSPS) is 34.1. The number of halogens is 1. The van der Waals surface area contributed by atoms with Crippen LogP contribution in [0.1, 0.15) is 6.42 Å². The molecule has 1 aliphatic heterocycles. The molecule has 0 spiro atoms. The first kappa shape index (κ1) is 9.29. The molecular weight excluding hydrogens is 165 g/mol. The van der Waals surface area contributed by atoms with Gasteiger partial charge in [-0.05, 0) is 6.42 Å². The van der Waals surface area contributed by atoms with Gasteiger partial charge in [-0.15, -0.1) is 0 Å². The lowest BCUT2D eigenvalue weighted by molar-refractivity contribution is 0.00869. The Kier molecular flexibility index (Phi) is 3.62. The summed E-state index contributed by atoms with van der Waals surface area (Å²) in [6.45, 7) is 1.97. The topological polar surface area (TPSA) is 23.5 Å². The molecule has 2 atom stereocenters. The molecule has 0 aromatic carbocycles. The van der Waals surface area contributed by atoms with Gasteiger partial charge in [0.2, 0.25) is 0 Å². The molecule has 0 amide bonds. The molecule has 0 saturated carbocycles. The van der Waals surface area contributed by atoms with Gasteiger partial charge < -0.3 is 5.11 Å². The molecule has 0 radical (unpaired) electrons. The minimum absolute atomic E-state index is 0.363. The second-order valence-electron chi connectivity index (χ2n) is 2.90. The summed E-state index contributed by atoms with van der Waals surface area (Å²) in [5.74, 6) is 0.753. The maximum Gasteiger partial charge on any atom is 0.138 e. The fourth-order valence-electron chi connectivity index (χ4n) is 1.30. The van der Waals surface area contributed by atoms with Crippen molar-refractivity contribution in [3.8, 4) is 0 Å². The maximum absolute atomic E-state index is 12.8. The standard InChI is InChI=1S/C7H14FNOS/c8-6-5-9(3-4-11)2-1-7(6)10/h6-7,10-11H,1-5H2. The van der Waals surface area contributed by atoms with Crippen molar-refractivity contribution in [1.82, 2.24) is 4.90 Å². The predicted octanol–water partition coefficient (Wildman–Crippen LogP) is 0.321. The van der Waals surface area contributed by atoms with Gasteiger partial charge in [0.25, 0.3) is 0 Å². The van der Waals surface area contributed by atoms with Crippen LogP contribution in [0.25, 0.3) is 0 Å². The van der Waals surface area contributed by atoms with Gasteiger partial charge in [-0.2, -0.15) is 12.6 Å². The molecule has 0 aromatic heterocycles. The van der Waals surface area contributed by atoms with E-state index in [9.17, 15) is 4.39 Å². The Bertz CT molecular complexity index is 125. The van der Waals surface area contributed by atoms with Gasteiger partial charge in [-0.3, -0.25) is 4.90 Å². The van der Waals surface area contributed by atoms with Gasteiger partial charge in [0.15, 0.2) is 0 Å². The molecule has 1 N–H and O–H groups in total. The van der Waals surface area contributed by atoms with E-state index in [2.05, 4.69) is 12.6 Å². The van der Waals surface area contributed by atoms with E-state index in [1.54, 1.807) is 0 Å². The van der Waals surface area contributed by atoms with Crippen LogP contribution in [0.2, 0.25) is 0 Å². The van der Waals surface area contributed by atoms with Gasteiger partial charge >= 0.3 is 0 Å². The summed E-state index contributed by atoms with van der Waals surface area (Å²) in [5, 5.41) is 9.04. The SMILES string of the molecule is OC1CCN(CCS)CC1F. The zero-order valence-corrected chi connectivity index (χ0v) is 7.30. The number of nitrogens with zero attached hydrogens (tertiary/aromatic N) is 1. The minimum Gasteiger partial charge on any atom is -0.390 e. The number of hydrogen-bond donors (Lipinski definition) is 2.